The van der Waals surface area contributed by atoms with E-state index in [9.17, 15) is 4.79 Å². The lowest BCUT2D eigenvalue weighted by Gasteiger charge is -2.25. The average Bonchev–Trinajstić information content (AvgIpc) is 2.39. The van der Waals surface area contributed by atoms with E-state index in [1.807, 2.05) is 43.9 Å². The molecule has 1 aromatic rings. The molecular formula is C18H33NO4Si3. The number of nitrogens with zero attached hydrogens (tertiary/aromatic N) is 1. The Hall–Kier alpha value is -1.39. The summed E-state index contributed by atoms with van der Waals surface area (Å²) in [6, 6.07) is 7.72. The summed E-state index contributed by atoms with van der Waals surface area (Å²) in [4.78, 5) is 16.6. The molecule has 0 aliphatic carbocycles. The van der Waals surface area contributed by atoms with E-state index in [2.05, 4.69) is 44.3 Å². The highest BCUT2D eigenvalue weighted by Crippen LogP contribution is 2.24. The van der Waals surface area contributed by atoms with Crippen LogP contribution < -0.4 is 4.43 Å². The van der Waals surface area contributed by atoms with E-state index in [-0.39, 0.29) is 12.5 Å². The Balaban J connectivity index is 3.19. The largest absolute Gasteiger partial charge is 0.544 e. The Bertz CT molecular complexity index is 656. The van der Waals surface area contributed by atoms with Crippen molar-refractivity contribution < 1.29 is 18.1 Å². The first-order chi connectivity index (χ1) is 11.7. The topological polar surface area (TPSA) is 57.1 Å². The standard InChI is InChI=1S/C18H33NO4Si3/c1-24(2,3)21-16-13-11-10-12-15(16)18(23-26(7,8)9)19-14-17(20)22-25(4,5)6/h10-13H,14H2,1-9H3. The number of benzene rings is 1. The fraction of sp³-hybridized carbons (Fsp3) is 0.556. The summed E-state index contributed by atoms with van der Waals surface area (Å²) in [5.41, 5.74) is 0.790. The summed E-state index contributed by atoms with van der Waals surface area (Å²) in [6.07, 6.45) is 0. The van der Waals surface area contributed by atoms with Crippen LogP contribution >= 0.6 is 0 Å². The normalized spacial score (nSPS) is 13.3. The molecule has 0 saturated carbocycles. The molecule has 0 heterocycles. The molecule has 0 bridgehead atoms. The van der Waals surface area contributed by atoms with Crippen molar-refractivity contribution in [2.45, 2.75) is 58.9 Å². The maximum atomic E-state index is 12.1. The van der Waals surface area contributed by atoms with Gasteiger partial charge in [-0.2, -0.15) is 0 Å². The predicted molar refractivity (Wildman–Crippen MR) is 116 cm³/mol. The fourth-order valence-electron chi connectivity index (χ4n) is 2.03. The van der Waals surface area contributed by atoms with Gasteiger partial charge in [-0.25, -0.2) is 4.99 Å². The van der Waals surface area contributed by atoms with Crippen LogP contribution in [0.1, 0.15) is 5.56 Å². The summed E-state index contributed by atoms with van der Waals surface area (Å²) < 4.78 is 17.9. The minimum atomic E-state index is -1.93. The van der Waals surface area contributed by atoms with Crippen molar-refractivity contribution in [2.75, 3.05) is 6.54 Å². The lowest BCUT2D eigenvalue weighted by molar-refractivity contribution is -0.133. The number of carbonyl (C=O) groups is 1. The first-order valence-corrected chi connectivity index (χ1v) is 19.1. The molecule has 0 fully saturated rings. The van der Waals surface area contributed by atoms with Crippen LogP contribution in [0.25, 0.3) is 0 Å². The molecule has 0 aromatic heterocycles. The highest BCUT2D eigenvalue weighted by atomic mass is 28.4. The SMILES string of the molecule is C[Si](C)(C)OC(=O)CN=C(O[Si](C)(C)C)c1ccccc1O[Si](C)(C)C. The second kappa shape index (κ2) is 8.53. The van der Waals surface area contributed by atoms with Crippen molar-refractivity contribution in [3.8, 4) is 5.75 Å². The van der Waals surface area contributed by atoms with E-state index in [4.69, 9.17) is 13.3 Å². The molecule has 8 heteroatoms. The van der Waals surface area contributed by atoms with Crippen molar-refractivity contribution >= 4 is 36.8 Å². The summed E-state index contributed by atoms with van der Waals surface area (Å²) in [7, 11) is -5.65. The quantitative estimate of drug-likeness (QED) is 0.365. The van der Waals surface area contributed by atoms with Gasteiger partial charge in [0.1, 0.15) is 12.3 Å². The van der Waals surface area contributed by atoms with Gasteiger partial charge in [0.15, 0.2) is 0 Å². The Morgan fingerprint density at radius 1 is 0.846 bits per heavy atom. The smallest absolute Gasteiger partial charge is 0.314 e. The predicted octanol–water partition coefficient (Wildman–Crippen LogP) is 4.88. The number of para-hydroxylation sites is 1. The van der Waals surface area contributed by atoms with Crippen LogP contribution in [-0.4, -0.2) is 43.4 Å². The third kappa shape index (κ3) is 9.35. The van der Waals surface area contributed by atoms with Crippen LogP contribution in [0.5, 0.6) is 5.75 Å². The van der Waals surface area contributed by atoms with Gasteiger partial charge in [-0.3, -0.25) is 4.79 Å². The molecule has 0 spiro atoms. The first-order valence-electron chi connectivity index (χ1n) is 8.90. The van der Waals surface area contributed by atoms with E-state index < -0.39 is 25.0 Å². The van der Waals surface area contributed by atoms with Gasteiger partial charge in [0.25, 0.3) is 0 Å². The summed E-state index contributed by atoms with van der Waals surface area (Å²) >= 11 is 0. The van der Waals surface area contributed by atoms with Crippen LogP contribution in [0.4, 0.5) is 0 Å². The number of rotatable bonds is 7. The highest BCUT2D eigenvalue weighted by Gasteiger charge is 2.25. The van der Waals surface area contributed by atoms with Gasteiger partial charge < -0.3 is 13.3 Å². The average molecular weight is 412 g/mol. The van der Waals surface area contributed by atoms with Crippen LogP contribution in [0, 0.1) is 0 Å². The summed E-state index contributed by atoms with van der Waals surface area (Å²) in [5.74, 6) is 0.900. The molecule has 0 radical (unpaired) electrons. The molecule has 0 N–H and O–H groups in total. The fourth-order valence-corrected chi connectivity index (χ4v) is 4.37. The zero-order valence-electron chi connectivity index (χ0n) is 17.6. The van der Waals surface area contributed by atoms with Crippen LogP contribution in [-0.2, 0) is 13.6 Å². The molecule has 0 saturated heterocycles. The molecular weight excluding hydrogens is 378 g/mol. The Morgan fingerprint density at radius 3 is 1.88 bits per heavy atom. The van der Waals surface area contributed by atoms with Crippen molar-refractivity contribution in [3.63, 3.8) is 0 Å². The third-order valence-corrected chi connectivity index (χ3v) is 5.19. The van der Waals surface area contributed by atoms with Crippen molar-refractivity contribution in [1.82, 2.24) is 0 Å². The molecule has 1 aromatic carbocycles. The van der Waals surface area contributed by atoms with Crippen LogP contribution in [0.3, 0.4) is 0 Å². The number of hydrogen-bond donors (Lipinski definition) is 0. The minimum Gasteiger partial charge on any atom is -0.544 e. The van der Waals surface area contributed by atoms with Crippen molar-refractivity contribution in [1.29, 1.82) is 0 Å². The molecule has 0 aliphatic heterocycles. The molecule has 1 rings (SSSR count). The highest BCUT2D eigenvalue weighted by molar-refractivity contribution is 6.72. The molecule has 0 aliphatic rings. The zero-order valence-corrected chi connectivity index (χ0v) is 20.6. The van der Waals surface area contributed by atoms with Crippen LogP contribution in [0.15, 0.2) is 29.3 Å². The molecule has 0 atom stereocenters. The first kappa shape index (κ1) is 22.7. The minimum absolute atomic E-state index is 0.0502. The molecule has 0 unspecified atom stereocenters. The van der Waals surface area contributed by atoms with E-state index in [0.29, 0.717) is 5.90 Å². The van der Waals surface area contributed by atoms with Gasteiger partial charge in [0.2, 0.25) is 30.8 Å². The molecule has 5 nitrogen and oxygen atoms in total. The van der Waals surface area contributed by atoms with Gasteiger partial charge in [-0.05, 0) is 71.1 Å². The Kier molecular flexibility index (Phi) is 7.43. The number of aliphatic imine (C=N–C) groups is 1. The maximum absolute atomic E-state index is 12.1. The number of hydrogen-bond acceptors (Lipinski definition) is 5. The van der Waals surface area contributed by atoms with Crippen molar-refractivity contribution in [2.24, 2.45) is 4.99 Å². The van der Waals surface area contributed by atoms with Crippen LogP contribution in [0.2, 0.25) is 58.9 Å². The van der Waals surface area contributed by atoms with Gasteiger partial charge in [-0.15, -0.1) is 0 Å². The third-order valence-electron chi connectivity index (χ3n) is 2.71. The maximum Gasteiger partial charge on any atom is 0.314 e. The summed E-state index contributed by atoms with van der Waals surface area (Å²) in [5, 5.41) is 0. The van der Waals surface area contributed by atoms with Gasteiger partial charge in [0.05, 0.1) is 5.56 Å². The van der Waals surface area contributed by atoms with Gasteiger partial charge in [0, 0.05) is 0 Å². The zero-order chi connectivity index (χ0) is 20.2. The second-order valence-corrected chi connectivity index (χ2v) is 22.4. The van der Waals surface area contributed by atoms with Crippen molar-refractivity contribution in [3.05, 3.63) is 29.8 Å². The molecule has 26 heavy (non-hydrogen) atoms. The molecule has 146 valence electrons. The monoisotopic (exact) mass is 411 g/mol. The number of carbonyl (C=O) groups excluding carboxylic acids is 1. The van der Waals surface area contributed by atoms with E-state index in [1.54, 1.807) is 0 Å². The van der Waals surface area contributed by atoms with Gasteiger partial charge in [-0.1, -0.05) is 12.1 Å². The lowest BCUT2D eigenvalue weighted by Crippen LogP contribution is -2.33. The summed E-state index contributed by atoms with van der Waals surface area (Å²) in [6.45, 7) is 18.5. The second-order valence-electron chi connectivity index (χ2n) is 9.13. The van der Waals surface area contributed by atoms with Gasteiger partial charge >= 0.3 is 5.97 Å². The Morgan fingerprint density at radius 2 is 1.38 bits per heavy atom. The van der Waals surface area contributed by atoms with E-state index >= 15 is 0 Å². The van der Waals surface area contributed by atoms with E-state index in [0.717, 1.165) is 11.3 Å². The van der Waals surface area contributed by atoms with E-state index in [1.165, 1.54) is 0 Å². The Labute approximate surface area is 161 Å². The lowest BCUT2D eigenvalue weighted by atomic mass is 10.2. The molecule has 0 amide bonds.